The van der Waals surface area contributed by atoms with Gasteiger partial charge in [0, 0.05) is 22.3 Å². The average Bonchev–Trinajstić information content (AvgIpc) is 3.22. The molecule has 30 heavy (non-hydrogen) atoms. The lowest BCUT2D eigenvalue weighted by Crippen LogP contribution is -3.00. The molecule has 146 valence electrons. The molecule has 0 aliphatic carbocycles. The monoisotopic (exact) mass is 468 g/mol. The number of benzene rings is 4. The van der Waals surface area contributed by atoms with Crippen molar-refractivity contribution in [3.63, 3.8) is 0 Å². The largest absolute Gasteiger partial charge is 1.00 e. The first-order valence-corrected chi connectivity index (χ1v) is 11.1. The van der Waals surface area contributed by atoms with E-state index in [4.69, 9.17) is 0 Å². The Bertz CT molecular complexity index is 1080. The van der Waals surface area contributed by atoms with Crippen LogP contribution in [0.4, 0.5) is 0 Å². The zero-order valence-electron chi connectivity index (χ0n) is 16.5. The van der Waals surface area contributed by atoms with Crippen LogP contribution in [0.1, 0.15) is 22.3 Å². The van der Waals surface area contributed by atoms with Gasteiger partial charge in [-0.2, -0.15) is 0 Å². The van der Waals surface area contributed by atoms with Crippen LogP contribution in [0.5, 0.6) is 0 Å². The van der Waals surface area contributed by atoms with E-state index in [-0.39, 0.29) is 25.6 Å². The van der Waals surface area contributed by atoms with Crippen molar-refractivity contribution in [1.29, 1.82) is 0 Å². The minimum Gasteiger partial charge on any atom is -1.00 e. The molecule has 0 fully saturated rings. The second-order valence-electron chi connectivity index (χ2n) is 7.19. The van der Waals surface area contributed by atoms with Crippen LogP contribution in [0.2, 0.25) is 0 Å². The Labute approximate surface area is 190 Å². The normalized spacial score (nSPS) is 13.3. The lowest BCUT2D eigenvalue weighted by molar-refractivity contribution is -0.00000534. The molecular weight excluding hydrogens is 447 g/mol. The molecular formula is C28H22BrP. The highest BCUT2D eigenvalue weighted by molar-refractivity contribution is 7.63. The first-order valence-electron chi connectivity index (χ1n) is 9.97. The summed E-state index contributed by atoms with van der Waals surface area (Å²) in [5.41, 5.74) is 8.03. The molecule has 0 nitrogen and oxygen atoms in total. The van der Waals surface area contributed by atoms with Crippen molar-refractivity contribution in [2.45, 2.75) is 0 Å². The van der Waals surface area contributed by atoms with Gasteiger partial charge in [-0.05, 0) is 11.1 Å². The third-order valence-corrected chi connectivity index (χ3v) is 7.19. The molecule has 4 aromatic carbocycles. The van der Waals surface area contributed by atoms with E-state index in [1.165, 1.54) is 44.0 Å². The number of allylic oxidation sites excluding steroid dienone is 2. The van der Waals surface area contributed by atoms with Crippen molar-refractivity contribution in [3.05, 3.63) is 144 Å². The maximum Gasteiger partial charge on any atom is 0.110 e. The zero-order chi connectivity index (χ0) is 19.5. The minimum atomic E-state index is -0.0160. The molecule has 0 spiro atoms. The van der Waals surface area contributed by atoms with Crippen LogP contribution >= 0.6 is 8.58 Å². The maximum absolute atomic E-state index is 2.25. The molecule has 1 heterocycles. The Kier molecular flexibility index (Phi) is 6.43. The van der Waals surface area contributed by atoms with Crippen molar-refractivity contribution in [1.82, 2.24) is 0 Å². The average molecular weight is 469 g/mol. The Balaban J connectivity index is 0.00000218. The van der Waals surface area contributed by atoms with Gasteiger partial charge in [-0.25, -0.2) is 0 Å². The first-order chi connectivity index (χ1) is 14.4. The van der Waals surface area contributed by atoms with E-state index in [9.17, 15) is 0 Å². The second kappa shape index (κ2) is 9.39. The van der Waals surface area contributed by atoms with Gasteiger partial charge in [-0.1, -0.05) is 121 Å². The third-order valence-electron chi connectivity index (χ3n) is 5.37. The topological polar surface area (TPSA) is 0 Å². The van der Waals surface area contributed by atoms with Gasteiger partial charge in [0.1, 0.15) is 10.6 Å². The van der Waals surface area contributed by atoms with Crippen LogP contribution in [-0.4, -0.2) is 0 Å². The Morgan fingerprint density at radius 2 is 0.600 bits per heavy atom. The third kappa shape index (κ3) is 3.97. The van der Waals surface area contributed by atoms with Gasteiger partial charge in [-0.15, -0.1) is 0 Å². The molecule has 0 amide bonds. The zero-order valence-corrected chi connectivity index (χ0v) is 19.2. The van der Waals surface area contributed by atoms with Crippen molar-refractivity contribution in [2.24, 2.45) is 0 Å². The predicted octanol–water partition coefficient (Wildman–Crippen LogP) is 4.55. The summed E-state index contributed by atoms with van der Waals surface area (Å²) in [5, 5.41) is 2.96. The molecule has 0 atom stereocenters. The molecule has 0 saturated carbocycles. The van der Waals surface area contributed by atoms with Crippen LogP contribution < -0.4 is 17.0 Å². The summed E-state index contributed by atoms with van der Waals surface area (Å²) in [5.74, 6) is 0. The molecule has 0 saturated heterocycles. The van der Waals surface area contributed by atoms with Crippen LogP contribution in [0.25, 0.3) is 21.8 Å². The summed E-state index contributed by atoms with van der Waals surface area (Å²) in [6, 6.07) is 43.5. The Morgan fingerprint density at radius 1 is 0.333 bits per heavy atom. The molecule has 0 bridgehead atoms. The van der Waals surface area contributed by atoms with Crippen LogP contribution in [0.15, 0.2) is 121 Å². The van der Waals surface area contributed by atoms with Crippen LogP contribution in [0.3, 0.4) is 0 Å². The van der Waals surface area contributed by atoms with E-state index >= 15 is 0 Å². The van der Waals surface area contributed by atoms with Gasteiger partial charge in [0.05, 0.1) is 8.58 Å². The lowest BCUT2D eigenvalue weighted by Gasteiger charge is -2.11. The highest BCUT2D eigenvalue weighted by Gasteiger charge is 2.34. The Hall–Kier alpha value is -2.73. The molecule has 0 unspecified atom stereocenters. The molecule has 0 aromatic heterocycles. The van der Waals surface area contributed by atoms with E-state index < -0.39 is 0 Å². The van der Waals surface area contributed by atoms with Crippen molar-refractivity contribution in [3.8, 4) is 0 Å². The first kappa shape index (κ1) is 20.5. The summed E-state index contributed by atoms with van der Waals surface area (Å²) >= 11 is 0. The fourth-order valence-electron chi connectivity index (χ4n) is 4.06. The lowest BCUT2D eigenvalue weighted by atomic mass is 9.89. The van der Waals surface area contributed by atoms with E-state index in [0.29, 0.717) is 0 Å². The van der Waals surface area contributed by atoms with Crippen molar-refractivity contribution < 1.29 is 17.0 Å². The SMILES string of the molecule is [Br-].c1ccc(C2=C(c3ccccc3)C(c3ccccc3)=C(c3ccccc3)[PH2+]2)cc1. The van der Waals surface area contributed by atoms with Crippen LogP contribution in [0, 0.1) is 0 Å². The summed E-state index contributed by atoms with van der Waals surface area (Å²) in [4.78, 5) is 0. The summed E-state index contributed by atoms with van der Waals surface area (Å²) < 4.78 is 0. The highest BCUT2D eigenvalue weighted by atomic mass is 79.9. The molecule has 5 rings (SSSR count). The summed E-state index contributed by atoms with van der Waals surface area (Å²) in [6.45, 7) is 0. The van der Waals surface area contributed by atoms with Gasteiger partial charge in [0.15, 0.2) is 0 Å². The number of rotatable bonds is 4. The highest BCUT2D eigenvalue weighted by Crippen LogP contribution is 2.61. The predicted molar refractivity (Wildman–Crippen MR) is 129 cm³/mol. The molecule has 4 aromatic rings. The van der Waals surface area contributed by atoms with Gasteiger partial charge in [-0.3, -0.25) is 0 Å². The van der Waals surface area contributed by atoms with Gasteiger partial charge in [0.2, 0.25) is 0 Å². The van der Waals surface area contributed by atoms with Crippen molar-refractivity contribution in [2.75, 3.05) is 0 Å². The van der Waals surface area contributed by atoms with E-state index in [0.717, 1.165) is 0 Å². The number of halogens is 1. The standard InChI is InChI=1S/C28H21P.BrH/c1-5-13-21(14-6-1)25-26(22-15-7-2-8-16-22)28(24-19-11-4-12-20-24)29-27(25)23-17-9-3-10-18-23;/h1-20,29H;1H. The van der Waals surface area contributed by atoms with Crippen LogP contribution in [-0.2, 0) is 0 Å². The van der Waals surface area contributed by atoms with E-state index in [1.807, 2.05) is 0 Å². The summed E-state index contributed by atoms with van der Waals surface area (Å²) in [7, 11) is -0.0160. The molecule has 0 N–H and O–H groups in total. The second-order valence-corrected chi connectivity index (χ2v) is 8.63. The fraction of sp³-hybridized carbons (Fsp3) is 0. The molecule has 0 radical (unpaired) electrons. The van der Waals surface area contributed by atoms with Gasteiger partial charge < -0.3 is 17.0 Å². The van der Waals surface area contributed by atoms with Gasteiger partial charge in [0.25, 0.3) is 0 Å². The summed E-state index contributed by atoms with van der Waals surface area (Å²) in [6.07, 6.45) is 0. The smallest absolute Gasteiger partial charge is 0.110 e. The quantitative estimate of drug-likeness (QED) is 0.385. The Morgan fingerprint density at radius 3 is 0.900 bits per heavy atom. The molecule has 2 heteroatoms. The van der Waals surface area contributed by atoms with E-state index in [1.54, 1.807) is 0 Å². The van der Waals surface area contributed by atoms with Gasteiger partial charge >= 0.3 is 0 Å². The minimum absolute atomic E-state index is 0. The fourth-order valence-corrected chi connectivity index (χ4v) is 5.98. The van der Waals surface area contributed by atoms with Crippen molar-refractivity contribution >= 4 is 30.4 Å². The molecule has 1 aliphatic heterocycles. The molecule has 1 aliphatic rings. The number of hydrogen-bond acceptors (Lipinski definition) is 0. The van der Waals surface area contributed by atoms with E-state index in [2.05, 4.69) is 121 Å². The number of hydrogen-bond donors (Lipinski definition) is 0. The maximum atomic E-state index is 2.25.